The van der Waals surface area contributed by atoms with E-state index in [1.807, 2.05) is 0 Å². The molecular formula is C19H21F6N7. The van der Waals surface area contributed by atoms with Crippen LogP contribution in [-0.4, -0.2) is 48.6 Å². The number of nitrogens with zero attached hydrogens (tertiary/aromatic N) is 5. The molecule has 2 aromatic rings. The van der Waals surface area contributed by atoms with Gasteiger partial charge in [0.05, 0.1) is 0 Å². The first-order chi connectivity index (χ1) is 14.9. The molecule has 0 spiro atoms. The van der Waals surface area contributed by atoms with Crippen LogP contribution in [0.4, 0.5) is 38.2 Å². The second-order valence-corrected chi connectivity index (χ2v) is 8.51. The Morgan fingerprint density at radius 3 is 2.06 bits per heavy atom. The van der Waals surface area contributed by atoms with Crippen LogP contribution in [0.15, 0.2) is 12.3 Å². The highest BCUT2D eigenvalue weighted by Gasteiger charge is 2.40. The van der Waals surface area contributed by atoms with Crippen LogP contribution in [0.1, 0.15) is 51.3 Å². The molecule has 2 aliphatic carbocycles. The van der Waals surface area contributed by atoms with Gasteiger partial charge in [-0.2, -0.15) is 28.1 Å². The van der Waals surface area contributed by atoms with Gasteiger partial charge in [-0.1, -0.05) is 0 Å². The Kier molecular flexibility index (Phi) is 5.61. The fraction of sp³-hybridized carbons (Fsp3) is 0.632. The van der Waals surface area contributed by atoms with E-state index in [9.17, 15) is 26.3 Å². The molecule has 3 atom stereocenters. The Morgan fingerprint density at radius 1 is 0.906 bits per heavy atom. The number of hydrogen-bond acceptors (Lipinski definition) is 7. The van der Waals surface area contributed by atoms with Crippen molar-refractivity contribution < 1.29 is 26.3 Å². The van der Waals surface area contributed by atoms with Crippen molar-refractivity contribution in [3.63, 3.8) is 0 Å². The molecule has 7 nitrogen and oxygen atoms in total. The van der Waals surface area contributed by atoms with Gasteiger partial charge in [0.15, 0.2) is 5.82 Å². The van der Waals surface area contributed by atoms with Crippen LogP contribution in [-0.2, 0) is 6.18 Å². The summed E-state index contributed by atoms with van der Waals surface area (Å²) in [4.78, 5) is 19.1. The van der Waals surface area contributed by atoms with Crippen LogP contribution < -0.4 is 10.6 Å². The van der Waals surface area contributed by atoms with Crippen LogP contribution in [0.5, 0.6) is 0 Å². The number of alkyl halides is 6. The average molecular weight is 461 g/mol. The zero-order chi connectivity index (χ0) is 23.1. The minimum atomic E-state index is -4.77. The number of rotatable bonds is 5. The molecule has 2 aromatic heterocycles. The van der Waals surface area contributed by atoms with Gasteiger partial charge in [0.1, 0.15) is 11.4 Å². The molecule has 0 bridgehead atoms. The Bertz CT molecular complexity index is 935. The molecule has 2 fully saturated rings. The average Bonchev–Trinajstić information content (AvgIpc) is 3.21. The summed E-state index contributed by atoms with van der Waals surface area (Å²) in [5, 5.41) is 5.79. The molecule has 0 radical (unpaired) electrons. The van der Waals surface area contributed by atoms with Crippen molar-refractivity contribution >= 4 is 11.9 Å². The summed E-state index contributed by atoms with van der Waals surface area (Å²) in [5.74, 6) is -4.44. The predicted octanol–water partition coefficient (Wildman–Crippen LogP) is 4.64. The Balaban J connectivity index is 1.64. The number of nitrogens with one attached hydrogen (secondary N) is 2. The largest absolute Gasteiger partial charge is 0.451 e. The minimum absolute atomic E-state index is 0.00266. The van der Waals surface area contributed by atoms with E-state index < -0.39 is 36.1 Å². The lowest BCUT2D eigenvalue weighted by molar-refractivity contribution is -0.144. The van der Waals surface area contributed by atoms with Crippen molar-refractivity contribution in [2.24, 2.45) is 0 Å². The molecule has 3 unspecified atom stereocenters. The lowest BCUT2D eigenvalue weighted by atomic mass is 10.1. The minimum Gasteiger partial charge on any atom is -0.351 e. The molecule has 2 N–H and O–H groups in total. The molecule has 0 amide bonds. The van der Waals surface area contributed by atoms with E-state index >= 15 is 0 Å². The molecular weight excluding hydrogens is 440 g/mol. The van der Waals surface area contributed by atoms with Crippen molar-refractivity contribution in [2.75, 3.05) is 10.6 Å². The van der Waals surface area contributed by atoms with Crippen LogP contribution in [0.2, 0.25) is 0 Å². The number of aromatic nitrogens is 5. The smallest absolute Gasteiger partial charge is 0.351 e. The lowest BCUT2D eigenvalue weighted by Crippen LogP contribution is -2.24. The van der Waals surface area contributed by atoms with Crippen LogP contribution in [0, 0.1) is 0 Å². The van der Waals surface area contributed by atoms with Crippen molar-refractivity contribution in [1.82, 2.24) is 24.9 Å². The topological polar surface area (TPSA) is 88.5 Å². The summed E-state index contributed by atoms with van der Waals surface area (Å²) in [6, 6.07) is 0.306. The molecule has 2 aliphatic rings. The van der Waals surface area contributed by atoms with Crippen LogP contribution in [0.3, 0.4) is 0 Å². The zero-order valence-corrected chi connectivity index (χ0v) is 17.1. The molecule has 32 heavy (non-hydrogen) atoms. The van der Waals surface area contributed by atoms with E-state index in [-0.39, 0.29) is 48.7 Å². The van der Waals surface area contributed by atoms with Crippen molar-refractivity contribution in [1.29, 1.82) is 0 Å². The maximum absolute atomic E-state index is 14.2. The van der Waals surface area contributed by atoms with E-state index in [0.29, 0.717) is 12.8 Å². The first kappa shape index (κ1) is 22.5. The van der Waals surface area contributed by atoms with Gasteiger partial charge in [-0.25, -0.2) is 23.1 Å². The van der Waals surface area contributed by atoms with E-state index in [1.165, 1.54) is 13.0 Å². The first-order valence-electron chi connectivity index (χ1n) is 10.2. The molecule has 2 heterocycles. The van der Waals surface area contributed by atoms with E-state index in [1.54, 1.807) is 0 Å². The van der Waals surface area contributed by atoms with Gasteiger partial charge < -0.3 is 10.6 Å². The fourth-order valence-electron chi connectivity index (χ4n) is 3.99. The summed E-state index contributed by atoms with van der Waals surface area (Å²) < 4.78 is 80.4. The number of halogens is 6. The summed E-state index contributed by atoms with van der Waals surface area (Å²) in [6.45, 7) is 1.49. The summed E-state index contributed by atoms with van der Waals surface area (Å²) >= 11 is 0. The maximum atomic E-state index is 14.2. The SMILES string of the molecule is CC1(F)CCC(Nc2nc(NC3CCC(F)(F)C3)nc(-c3ccnc(C(F)(F)F)n3)n2)C1. The van der Waals surface area contributed by atoms with Crippen molar-refractivity contribution in [3.05, 3.63) is 18.1 Å². The van der Waals surface area contributed by atoms with Gasteiger partial charge in [-0.15, -0.1) is 0 Å². The zero-order valence-electron chi connectivity index (χ0n) is 17.1. The van der Waals surface area contributed by atoms with Gasteiger partial charge in [0.25, 0.3) is 0 Å². The van der Waals surface area contributed by atoms with E-state index in [2.05, 4.69) is 35.6 Å². The second kappa shape index (κ2) is 8.00. The second-order valence-electron chi connectivity index (χ2n) is 8.51. The lowest BCUT2D eigenvalue weighted by Gasteiger charge is -2.17. The number of anilines is 2. The van der Waals surface area contributed by atoms with Crippen molar-refractivity contribution in [3.8, 4) is 11.5 Å². The van der Waals surface area contributed by atoms with Gasteiger partial charge in [0.2, 0.25) is 23.6 Å². The standard InChI is InChI=1S/C19H21F6N7/c1-17(20)5-2-10(8-17)27-15-30-13(12-4-7-26-14(29-12)19(23,24)25)31-16(32-15)28-11-3-6-18(21,22)9-11/h4,7,10-11H,2-3,5-6,8-9H2,1H3,(H2,27,28,30,31,32). The molecule has 174 valence electrons. The highest BCUT2D eigenvalue weighted by atomic mass is 19.4. The maximum Gasteiger partial charge on any atom is 0.451 e. The molecule has 13 heteroatoms. The Labute approximate surface area is 179 Å². The monoisotopic (exact) mass is 461 g/mol. The van der Waals surface area contributed by atoms with E-state index in [0.717, 1.165) is 6.20 Å². The summed E-state index contributed by atoms with van der Waals surface area (Å²) in [7, 11) is 0. The Hall–Kier alpha value is -2.73. The van der Waals surface area contributed by atoms with Crippen LogP contribution in [0.25, 0.3) is 11.5 Å². The van der Waals surface area contributed by atoms with Gasteiger partial charge in [-0.3, -0.25) is 0 Å². The Morgan fingerprint density at radius 2 is 1.53 bits per heavy atom. The van der Waals surface area contributed by atoms with Crippen molar-refractivity contribution in [2.45, 2.75) is 75.3 Å². The fourth-order valence-corrected chi connectivity index (χ4v) is 3.99. The third kappa shape index (κ3) is 5.36. The number of hydrogen-bond donors (Lipinski definition) is 2. The third-order valence-corrected chi connectivity index (χ3v) is 5.53. The molecule has 2 saturated carbocycles. The van der Waals surface area contributed by atoms with Gasteiger partial charge >= 0.3 is 6.18 Å². The van der Waals surface area contributed by atoms with Gasteiger partial charge in [0, 0.05) is 37.5 Å². The predicted molar refractivity (Wildman–Crippen MR) is 103 cm³/mol. The van der Waals surface area contributed by atoms with E-state index in [4.69, 9.17) is 0 Å². The third-order valence-electron chi connectivity index (χ3n) is 5.53. The highest BCUT2D eigenvalue weighted by molar-refractivity contribution is 5.53. The summed E-state index contributed by atoms with van der Waals surface area (Å²) in [6.07, 6.45) is -3.29. The highest BCUT2D eigenvalue weighted by Crippen LogP contribution is 2.37. The molecule has 4 rings (SSSR count). The quantitative estimate of drug-likeness (QED) is 0.627. The first-order valence-corrected chi connectivity index (χ1v) is 10.2. The van der Waals surface area contributed by atoms with Gasteiger partial charge in [-0.05, 0) is 32.3 Å². The van der Waals surface area contributed by atoms with Crippen LogP contribution >= 0.6 is 0 Å². The summed E-state index contributed by atoms with van der Waals surface area (Å²) in [5.41, 5.74) is -1.56. The molecule has 0 saturated heterocycles. The molecule has 0 aliphatic heterocycles. The molecule has 0 aromatic carbocycles. The normalized spacial score (nSPS) is 27.5.